The second-order valence-corrected chi connectivity index (χ2v) is 8.72. The number of para-hydroxylation sites is 1. The van der Waals surface area contributed by atoms with Gasteiger partial charge in [-0.1, -0.05) is 38.5 Å². The minimum absolute atomic E-state index is 0.346. The van der Waals surface area contributed by atoms with Crippen molar-refractivity contribution in [2.75, 3.05) is 18.4 Å². The van der Waals surface area contributed by atoms with Gasteiger partial charge in [0.2, 0.25) is 5.95 Å². The first-order valence-corrected chi connectivity index (χ1v) is 11.5. The first kappa shape index (κ1) is 20.6. The molecule has 8 nitrogen and oxygen atoms in total. The Morgan fingerprint density at radius 3 is 2.62 bits per heavy atom. The van der Waals surface area contributed by atoms with E-state index in [9.17, 15) is 0 Å². The zero-order valence-electron chi connectivity index (χ0n) is 18.8. The summed E-state index contributed by atoms with van der Waals surface area (Å²) in [6.45, 7) is 7.98. The third-order valence-electron chi connectivity index (χ3n) is 6.06. The molecule has 5 rings (SSSR count). The lowest BCUT2D eigenvalue weighted by Crippen LogP contribution is -2.30. The Balaban J connectivity index is 1.46. The molecule has 0 aliphatic carbocycles. The van der Waals surface area contributed by atoms with Gasteiger partial charge < -0.3 is 5.32 Å². The molecule has 4 aromatic rings. The van der Waals surface area contributed by atoms with Crippen LogP contribution in [0.5, 0.6) is 0 Å². The van der Waals surface area contributed by atoms with Gasteiger partial charge in [-0.05, 0) is 49.5 Å². The Kier molecular flexibility index (Phi) is 5.85. The van der Waals surface area contributed by atoms with E-state index in [2.05, 4.69) is 46.4 Å². The number of piperidine rings is 1. The number of hydrogen-bond acceptors (Lipinski definition) is 6. The van der Waals surface area contributed by atoms with Crippen LogP contribution in [-0.4, -0.2) is 47.4 Å². The summed E-state index contributed by atoms with van der Waals surface area (Å²) in [5, 5.41) is 12.5. The molecule has 1 fully saturated rings. The van der Waals surface area contributed by atoms with Crippen LogP contribution in [0, 0.1) is 0 Å². The van der Waals surface area contributed by atoms with E-state index in [1.807, 2.05) is 39.8 Å². The van der Waals surface area contributed by atoms with Crippen LogP contribution in [0.3, 0.4) is 0 Å². The second-order valence-electron chi connectivity index (χ2n) is 8.72. The largest absolute Gasteiger partial charge is 0.350 e. The maximum absolute atomic E-state index is 4.92. The van der Waals surface area contributed by atoms with Crippen molar-refractivity contribution < 1.29 is 0 Å². The highest BCUT2D eigenvalue weighted by Gasteiger charge is 2.18. The summed E-state index contributed by atoms with van der Waals surface area (Å²) >= 11 is 0. The van der Waals surface area contributed by atoms with Crippen molar-refractivity contribution in [2.24, 2.45) is 0 Å². The van der Waals surface area contributed by atoms with Crippen LogP contribution in [0.15, 0.2) is 48.9 Å². The third kappa shape index (κ3) is 4.23. The minimum Gasteiger partial charge on any atom is -0.350 e. The van der Waals surface area contributed by atoms with E-state index >= 15 is 0 Å². The summed E-state index contributed by atoms with van der Waals surface area (Å²) in [6, 6.07) is 10.2. The fraction of sp³-hybridized carbons (Fsp3) is 0.417. The van der Waals surface area contributed by atoms with Crippen LogP contribution in [0.4, 0.5) is 5.95 Å². The summed E-state index contributed by atoms with van der Waals surface area (Å²) < 4.78 is 3.73. The van der Waals surface area contributed by atoms with E-state index in [1.54, 1.807) is 6.20 Å². The molecule has 3 aromatic heterocycles. The predicted octanol–water partition coefficient (Wildman–Crippen LogP) is 4.03. The monoisotopic (exact) mass is 430 g/mol. The lowest BCUT2D eigenvalue weighted by molar-refractivity contribution is 0.216. The van der Waals surface area contributed by atoms with Gasteiger partial charge in [0.25, 0.3) is 0 Å². The predicted molar refractivity (Wildman–Crippen MR) is 125 cm³/mol. The Bertz CT molecular complexity index is 1170. The van der Waals surface area contributed by atoms with E-state index in [0.29, 0.717) is 12.5 Å². The molecule has 166 valence electrons. The quantitative estimate of drug-likeness (QED) is 0.477. The number of anilines is 1. The lowest BCUT2D eigenvalue weighted by Gasteiger charge is -2.25. The molecule has 4 heterocycles. The van der Waals surface area contributed by atoms with Gasteiger partial charge in [0, 0.05) is 24.5 Å². The number of nitrogens with zero attached hydrogens (tertiary/aromatic N) is 7. The van der Waals surface area contributed by atoms with Crippen molar-refractivity contribution in [3.8, 4) is 5.69 Å². The fourth-order valence-electron chi connectivity index (χ4n) is 4.32. The normalized spacial score (nSPS) is 15.0. The summed E-state index contributed by atoms with van der Waals surface area (Å²) in [6.07, 6.45) is 9.49. The Morgan fingerprint density at radius 1 is 1.00 bits per heavy atom. The molecule has 1 aliphatic rings. The van der Waals surface area contributed by atoms with E-state index < -0.39 is 0 Å². The van der Waals surface area contributed by atoms with Crippen LogP contribution < -0.4 is 5.32 Å². The van der Waals surface area contributed by atoms with E-state index in [1.165, 1.54) is 19.3 Å². The van der Waals surface area contributed by atoms with Gasteiger partial charge in [-0.3, -0.25) is 4.90 Å². The molecule has 32 heavy (non-hydrogen) atoms. The van der Waals surface area contributed by atoms with Crippen LogP contribution in [0.1, 0.15) is 56.0 Å². The van der Waals surface area contributed by atoms with Gasteiger partial charge in [-0.25, -0.2) is 9.67 Å². The number of nitrogens with one attached hydrogen (secondary N) is 1. The van der Waals surface area contributed by atoms with Gasteiger partial charge in [-0.15, -0.1) is 0 Å². The van der Waals surface area contributed by atoms with E-state index in [4.69, 9.17) is 9.97 Å². The molecule has 0 saturated carbocycles. The minimum atomic E-state index is 0.346. The first-order valence-electron chi connectivity index (χ1n) is 11.5. The van der Waals surface area contributed by atoms with E-state index in [0.717, 1.165) is 53.9 Å². The molecule has 1 saturated heterocycles. The smallest absolute Gasteiger partial charge is 0.227 e. The first-order chi connectivity index (χ1) is 15.7. The molecule has 0 amide bonds. The maximum Gasteiger partial charge on any atom is 0.227 e. The molecule has 1 N–H and O–H groups in total. The zero-order valence-corrected chi connectivity index (χ0v) is 18.8. The fourth-order valence-corrected chi connectivity index (χ4v) is 4.32. The number of rotatable bonds is 7. The number of fused-ring (bicyclic) bond motifs is 1. The van der Waals surface area contributed by atoms with Gasteiger partial charge in [0.05, 0.1) is 18.4 Å². The summed E-state index contributed by atoms with van der Waals surface area (Å²) in [5.74, 6) is 1.92. The highest BCUT2D eigenvalue weighted by atomic mass is 15.4. The number of hydrogen-bond donors (Lipinski definition) is 1. The van der Waals surface area contributed by atoms with Gasteiger partial charge in [0.1, 0.15) is 5.82 Å². The number of likely N-dealkylation sites (tertiary alicyclic amines) is 1. The Morgan fingerprint density at radius 2 is 1.84 bits per heavy atom. The number of benzene rings is 1. The van der Waals surface area contributed by atoms with Crippen LogP contribution in [-0.2, 0) is 13.1 Å². The molecule has 0 bridgehead atoms. The van der Waals surface area contributed by atoms with Crippen molar-refractivity contribution in [2.45, 2.75) is 52.1 Å². The van der Waals surface area contributed by atoms with Gasteiger partial charge >= 0.3 is 0 Å². The highest BCUT2D eigenvalue weighted by Crippen LogP contribution is 2.23. The average molecular weight is 431 g/mol. The van der Waals surface area contributed by atoms with Crippen molar-refractivity contribution >= 4 is 11.6 Å². The molecule has 8 heteroatoms. The summed E-state index contributed by atoms with van der Waals surface area (Å²) in [5.41, 5.74) is 4.22. The molecule has 0 atom stereocenters. The Hall–Kier alpha value is -3.26. The molecule has 0 unspecified atom stereocenters. The summed E-state index contributed by atoms with van der Waals surface area (Å²) in [4.78, 5) is 12.3. The lowest BCUT2D eigenvalue weighted by atomic mass is 10.1. The van der Waals surface area contributed by atoms with Crippen molar-refractivity contribution in [3.05, 3.63) is 65.9 Å². The van der Waals surface area contributed by atoms with E-state index in [-0.39, 0.29) is 0 Å². The standard InChI is InChI=1S/C24H30N8/c1-18(2)20-16-27-32-23(20)28-22(17-30-12-6-3-7-13-30)29-24(32)25-15-19-9-4-5-10-21(19)31-14-8-11-26-31/h4-5,8-11,14,16,18H,3,6-7,12-13,15,17H2,1-2H3,(H,25,28,29). The van der Waals surface area contributed by atoms with Crippen molar-refractivity contribution in [1.82, 2.24) is 34.3 Å². The molecular formula is C24H30N8. The maximum atomic E-state index is 4.92. The number of aromatic nitrogens is 6. The molecular weight excluding hydrogens is 400 g/mol. The zero-order chi connectivity index (χ0) is 21.9. The van der Waals surface area contributed by atoms with Crippen LogP contribution >= 0.6 is 0 Å². The highest BCUT2D eigenvalue weighted by molar-refractivity contribution is 5.53. The Labute approximate surface area is 188 Å². The molecule has 0 spiro atoms. The topological polar surface area (TPSA) is 76.2 Å². The summed E-state index contributed by atoms with van der Waals surface area (Å²) in [7, 11) is 0. The third-order valence-corrected chi connectivity index (χ3v) is 6.06. The molecule has 1 aromatic carbocycles. The molecule has 0 radical (unpaired) electrons. The SMILES string of the molecule is CC(C)c1cnn2c(NCc3ccccc3-n3cccn3)nc(CN3CCCCC3)nc12. The van der Waals surface area contributed by atoms with Crippen LogP contribution in [0.25, 0.3) is 11.3 Å². The molecule has 1 aliphatic heterocycles. The van der Waals surface area contributed by atoms with Gasteiger partial charge in [-0.2, -0.15) is 19.7 Å². The average Bonchev–Trinajstić information content (AvgIpc) is 3.49. The van der Waals surface area contributed by atoms with Crippen molar-refractivity contribution in [3.63, 3.8) is 0 Å². The van der Waals surface area contributed by atoms with Crippen molar-refractivity contribution in [1.29, 1.82) is 0 Å². The van der Waals surface area contributed by atoms with Gasteiger partial charge in [0.15, 0.2) is 5.65 Å². The second kappa shape index (κ2) is 9.08. The van der Waals surface area contributed by atoms with Crippen LogP contribution in [0.2, 0.25) is 0 Å².